The van der Waals surface area contributed by atoms with Crippen LogP contribution in [0.2, 0.25) is 0 Å². The number of carbonyl (C=O) groups excluding carboxylic acids is 2. The van der Waals surface area contributed by atoms with Crippen LogP contribution >= 0.6 is 0 Å². The second-order valence-corrected chi connectivity index (χ2v) is 11.4. The largest absolute Gasteiger partial charge is 0.530 e. The molecule has 4 N–H and O–H groups in total. The van der Waals surface area contributed by atoms with Crippen molar-refractivity contribution in [2.45, 2.75) is 70.1 Å². The third-order valence-electron chi connectivity index (χ3n) is 6.70. The predicted octanol–water partition coefficient (Wildman–Crippen LogP) is 2.89. The van der Waals surface area contributed by atoms with Crippen LogP contribution in [-0.4, -0.2) is 70.3 Å². The van der Waals surface area contributed by atoms with Crippen molar-refractivity contribution < 1.29 is 29.6 Å². The third kappa shape index (κ3) is 11.5. The first-order valence-electron chi connectivity index (χ1n) is 14.2. The van der Waals surface area contributed by atoms with Gasteiger partial charge in [0.05, 0.1) is 18.2 Å². The summed E-state index contributed by atoms with van der Waals surface area (Å²) < 4.78 is 5.43. The lowest BCUT2D eigenvalue weighted by molar-refractivity contribution is -0.267. The van der Waals surface area contributed by atoms with Crippen LogP contribution in [0.15, 0.2) is 91.0 Å². The standard InChI is InChI=1S/C33H43N3O6/c1-33(2,3)42-31(39)35-28(20-25-15-9-5-10-16-25)29(37)21-34-27(19-24-13-7-4-8-14-24)30(38)23-36(32(40)41)22-26-17-11-6-12-18-26/h4-18,27-30,34,37-38H,19-23H2,1-3H3,(H,35,39)(H,40,41)/p-1/t27-,28+,29-,30?/m1/s1. The van der Waals surface area contributed by atoms with Crippen LogP contribution in [0.25, 0.3) is 0 Å². The summed E-state index contributed by atoms with van der Waals surface area (Å²) in [6, 6.07) is 26.8. The molecule has 0 radical (unpaired) electrons. The average molecular weight is 577 g/mol. The second kappa shape index (κ2) is 15.9. The molecule has 0 aromatic heterocycles. The number of carbonyl (C=O) groups is 2. The molecule has 3 rings (SSSR count). The van der Waals surface area contributed by atoms with Crippen LogP contribution in [0.3, 0.4) is 0 Å². The van der Waals surface area contributed by atoms with E-state index in [4.69, 9.17) is 4.74 Å². The Morgan fingerprint density at radius 2 is 1.26 bits per heavy atom. The minimum Gasteiger partial charge on any atom is -0.530 e. The zero-order valence-corrected chi connectivity index (χ0v) is 24.5. The number of ether oxygens (including phenoxy) is 1. The van der Waals surface area contributed by atoms with Crippen molar-refractivity contribution in [1.29, 1.82) is 0 Å². The molecule has 0 spiro atoms. The number of hydrogen-bond acceptors (Lipinski definition) is 7. The first-order chi connectivity index (χ1) is 20.0. The number of nitrogens with zero attached hydrogens (tertiary/aromatic N) is 1. The van der Waals surface area contributed by atoms with E-state index < -0.39 is 42.1 Å². The van der Waals surface area contributed by atoms with Crippen LogP contribution < -0.4 is 15.7 Å². The van der Waals surface area contributed by atoms with Gasteiger partial charge >= 0.3 is 6.09 Å². The van der Waals surface area contributed by atoms with E-state index in [9.17, 15) is 24.9 Å². The van der Waals surface area contributed by atoms with Gasteiger partial charge in [0.25, 0.3) is 0 Å². The third-order valence-corrected chi connectivity index (χ3v) is 6.70. The van der Waals surface area contributed by atoms with Gasteiger partial charge in [0.1, 0.15) is 11.7 Å². The summed E-state index contributed by atoms with van der Waals surface area (Å²) in [5.74, 6) is 0. The molecule has 4 atom stereocenters. The molecule has 0 aliphatic carbocycles. The highest BCUT2D eigenvalue weighted by Crippen LogP contribution is 2.13. The van der Waals surface area contributed by atoms with Gasteiger partial charge in [0.15, 0.2) is 0 Å². The Labute approximate surface area is 248 Å². The molecule has 0 aliphatic rings. The lowest BCUT2D eigenvalue weighted by Gasteiger charge is -2.33. The topological polar surface area (TPSA) is 134 Å². The molecule has 226 valence electrons. The molecule has 0 heterocycles. The number of benzene rings is 3. The molecule has 0 fully saturated rings. The van der Waals surface area contributed by atoms with Gasteiger partial charge in [-0.1, -0.05) is 91.0 Å². The van der Waals surface area contributed by atoms with Gasteiger partial charge in [-0.15, -0.1) is 0 Å². The van der Waals surface area contributed by atoms with E-state index in [0.717, 1.165) is 21.6 Å². The fourth-order valence-corrected chi connectivity index (χ4v) is 4.60. The Morgan fingerprint density at radius 1 is 0.786 bits per heavy atom. The summed E-state index contributed by atoms with van der Waals surface area (Å²) in [7, 11) is 0. The summed E-state index contributed by atoms with van der Waals surface area (Å²) in [5, 5.41) is 40.5. The van der Waals surface area contributed by atoms with Gasteiger partial charge in [-0.3, -0.25) is 0 Å². The van der Waals surface area contributed by atoms with Crippen molar-refractivity contribution in [2.75, 3.05) is 13.1 Å². The van der Waals surface area contributed by atoms with Crippen molar-refractivity contribution >= 4 is 12.2 Å². The van der Waals surface area contributed by atoms with Gasteiger partial charge in [-0.05, 0) is 50.3 Å². The fraction of sp³-hybridized carbons (Fsp3) is 0.394. The van der Waals surface area contributed by atoms with Crippen molar-refractivity contribution in [3.63, 3.8) is 0 Å². The monoisotopic (exact) mass is 576 g/mol. The smallest absolute Gasteiger partial charge is 0.407 e. The number of rotatable bonds is 14. The number of hydrogen-bond donors (Lipinski definition) is 4. The van der Waals surface area contributed by atoms with E-state index in [1.54, 1.807) is 20.8 Å². The van der Waals surface area contributed by atoms with Crippen molar-refractivity contribution in [2.24, 2.45) is 0 Å². The Balaban J connectivity index is 1.74. The van der Waals surface area contributed by atoms with E-state index >= 15 is 0 Å². The minimum atomic E-state index is -1.39. The highest BCUT2D eigenvalue weighted by Gasteiger charge is 2.28. The molecular weight excluding hydrogens is 534 g/mol. The number of aliphatic hydroxyl groups is 2. The van der Waals surface area contributed by atoms with Crippen LogP contribution in [0.1, 0.15) is 37.5 Å². The first-order valence-corrected chi connectivity index (χ1v) is 14.2. The van der Waals surface area contributed by atoms with Gasteiger partial charge in [-0.2, -0.15) is 0 Å². The highest BCUT2D eigenvalue weighted by molar-refractivity contribution is 5.68. The van der Waals surface area contributed by atoms with Crippen LogP contribution in [0.4, 0.5) is 9.59 Å². The molecule has 0 saturated heterocycles. The summed E-state index contributed by atoms with van der Waals surface area (Å²) >= 11 is 0. The number of carboxylic acid groups (broad SMARTS) is 1. The molecular formula is C33H42N3O6-. The Bertz CT molecular complexity index is 1220. The zero-order chi connectivity index (χ0) is 30.5. The maximum absolute atomic E-state index is 12.6. The SMILES string of the molecule is CC(C)(C)OC(=O)N[C@@H](Cc1ccccc1)[C@H](O)CN[C@H](Cc1ccccc1)C(O)CN(Cc1ccccc1)C(=O)[O-]. The lowest BCUT2D eigenvalue weighted by atomic mass is 9.98. The van der Waals surface area contributed by atoms with Gasteiger partial charge in [0, 0.05) is 25.7 Å². The predicted molar refractivity (Wildman–Crippen MR) is 160 cm³/mol. The molecule has 0 saturated carbocycles. The van der Waals surface area contributed by atoms with E-state index in [0.29, 0.717) is 12.8 Å². The Morgan fingerprint density at radius 3 is 1.74 bits per heavy atom. The van der Waals surface area contributed by atoms with Crippen molar-refractivity contribution in [3.05, 3.63) is 108 Å². The average Bonchev–Trinajstić information content (AvgIpc) is 2.95. The van der Waals surface area contributed by atoms with E-state index in [1.807, 2.05) is 91.0 Å². The van der Waals surface area contributed by atoms with Crippen molar-refractivity contribution in [3.8, 4) is 0 Å². The van der Waals surface area contributed by atoms with E-state index in [-0.39, 0.29) is 19.6 Å². The molecule has 0 aliphatic heterocycles. The van der Waals surface area contributed by atoms with Gasteiger partial charge in [0.2, 0.25) is 0 Å². The number of amides is 2. The number of nitrogens with one attached hydrogen (secondary N) is 2. The maximum Gasteiger partial charge on any atom is 0.407 e. The molecule has 2 amide bonds. The minimum absolute atomic E-state index is 0.0197. The number of aliphatic hydroxyl groups excluding tert-OH is 2. The molecule has 9 nitrogen and oxygen atoms in total. The summed E-state index contributed by atoms with van der Waals surface area (Å²) in [4.78, 5) is 25.6. The molecule has 1 unspecified atom stereocenters. The van der Waals surface area contributed by atoms with Gasteiger partial charge < -0.3 is 40.4 Å². The first kappa shape index (κ1) is 32.6. The Hall–Kier alpha value is -3.92. The molecule has 9 heteroatoms. The van der Waals surface area contributed by atoms with Crippen LogP contribution in [0, 0.1) is 0 Å². The molecule has 3 aromatic rings. The zero-order valence-electron chi connectivity index (χ0n) is 24.5. The van der Waals surface area contributed by atoms with E-state index in [1.165, 1.54) is 0 Å². The number of alkyl carbamates (subject to hydrolysis) is 1. The highest BCUT2D eigenvalue weighted by atomic mass is 16.6. The molecule has 0 bridgehead atoms. The quantitative estimate of drug-likeness (QED) is 0.232. The van der Waals surface area contributed by atoms with Crippen LogP contribution in [-0.2, 0) is 24.1 Å². The summed E-state index contributed by atoms with van der Waals surface area (Å²) in [5.41, 5.74) is 1.91. The molecule has 3 aromatic carbocycles. The summed E-state index contributed by atoms with van der Waals surface area (Å²) in [6.45, 7) is 5.19. The van der Waals surface area contributed by atoms with Gasteiger partial charge in [-0.25, -0.2) is 4.79 Å². The fourth-order valence-electron chi connectivity index (χ4n) is 4.60. The van der Waals surface area contributed by atoms with E-state index in [2.05, 4.69) is 10.6 Å². The van der Waals surface area contributed by atoms with Crippen LogP contribution in [0.5, 0.6) is 0 Å². The lowest BCUT2D eigenvalue weighted by Crippen LogP contribution is -2.55. The summed E-state index contributed by atoms with van der Waals surface area (Å²) in [6.07, 6.45) is -3.47. The normalized spacial score (nSPS) is 14.3. The second-order valence-electron chi connectivity index (χ2n) is 11.4. The van der Waals surface area contributed by atoms with Crippen molar-refractivity contribution in [1.82, 2.24) is 15.5 Å². The molecule has 42 heavy (non-hydrogen) atoms. The Kier molecular flexibility index (Phi) is 12.3. The maximum atomic E-state index is 12.6.